The lowest BCUT2D eigenvalue weighted by Crippen LogP contribution is -2.02. The van der Waals surface area contributed by atoms with Crippen molar-refractivity contribution in [3.05, 3.63) is 78.0 Å². The molecule has 0 fully saturated rings. The molecule has 3 aromatic rings. The first-order valence-corrected chi connectivity index (χ1v) is 6.80. The second kappa shape index (κ2) is 5.96. The molecule has 114 valence electrons. The minimum atomic E-state index is -1.19. The Bertz CT molecular complexity index is 894. The largest absolute Gasteiger partial charge is 0.478 e. The van der Waals surface area contributed by atoms with Crippen LogP contribution in [0.2, 0.25) is 0 Å². The maximum absolute atomic E-state index is 13.4. The highest BCUT2D eigenvalue weighted by Gasteiger charge is 2.15. The van der Waals surface area contributed by atoms with E-state index in [1.807, 2.05) is 0 Å². The number of nitrogens with zero attached hydrogens (tertiary/aromatic N) is 1. The number of aromatic carboxylic acids is 1. The first-order valence-electron chi connectivity index (χ1n) is 6.80. The molecule has 0 amide bonds. The molecular formula is C18H11F2NO2. The Hall–Kier alpha value is -3.08. The highest BCUT2D eigenvalue weighted by Crippen LogP contribution is 2.27. The van der Waals surface area contributed by atoms with E-state index in [1.165, 1.54) is 48.7 Å². The zero-order valence-corrected chi connectivity index (χ0v) is 11.8. The molecule has 0 saturated carbocycles. The molecule has 3 nitrogen and oxygen atoms in total. The molecule has 1 N–H and O–H groups in total. The maximum atomic E-state index is 13.4. The first-order chi connectivity index (χ1) is 11.0. The summed E-state index contributed by atoms with van der Waals surface area (Å²) in [5, 5.41) is 9.41. The number of pyridine rings is 1. The van der Waals surface area contributed by atoms with Gasteiger partial charge in [-0.3, -0.25) is 4.98 Å². The summed E-state index contributed by atoms with van der Waals surface area (Å²) in [7, 11) is 0. The van der Waals surface area contributed by atoms with Crippen molar-refractivity contribution < 1.29 is 18.7 Å². The smallest absolute Gasteiger partial charge is 0.337 e. The zero-order chi connectivity index (χ0) is 16.4. The molecule has 3 rings (SSSR count). The van der Waals surface area contributed by atoms with Crippen LogP contribution in [0.3, 0.4) is 0 Å². The summed E-state index contributed by atoms with van der Waals surface area (Å²) in [5.41, 5.74) is 1.45. The molecule has 5 heteroatoms. The van der Waals surface area contributed by atoms with Crippen LogP contribution in [0.5, 0.6) is 0 Å². The third-order valence-corrected chi connectivity index (χ3v) is 3.37. The van der Waals surface area contributed by atoms with Crippen LogP contribution in [0.4, 0.5) is 8.78 Å². The van der Waals surface area contributed by atoms with Crippen molar-refractivity contribution in [2.45, 2.75) is 0 Å². The summed E-state index contributed by atoms with van der Waals surface area (Å²) in [6, 6.07) is 12.8. The molecule has 0 atom stereocenters. The quantitative estimate of drug-likeness (QED) is 0.780. The van der Waals surface area contributed by atoms with Crippen LogP contribution in [0.1, 0.15) is 10.4 Å². The number of halogens is 2. The number of hydrogen-bond acceptors (Lipinski definition) is 2. The van der Waals surface area contributed by atoms with E-state index in [1.54, 1.807) is 12.1 Å². The van der Waals surface area contributed by atoms with E-state index in [2.05, 4.69) is 4.98 Å². The van der Waals surface area contributed by atoms with Crippen molar-refractivity contribution >= 4 is 5.97 Å². The fourth-order valence-corrected chi connectivity index (χ4v) is 2.32. The standard InChI is InChI=1S/C18H11F2NO2/c19-14-5-1-3-11(7-14)13-9-16(18(22)23)17(21-10-13)12-4-2-6-15(20)8-12/h1-10H,(H,22,23). The summed E-state index contributed by atoms with van der Waals surface area (Å²) < 4.78 is 26.7. The molecular weight excluding hydrogens is 300 g/mol. The molecule has 0 radical (unpaired) electrons. The van der Waals surface area contributed by atoms with E-state index in [9.17, 15) is 18.7 Å². The van der Waals surface area contributed by atoms with Gasteiger partial charge in [-0.15, -0.1) is 0 Å². The Morgan fingerprint density at radius 1 is 0.870 bits per heavy atom. The lowest BCUT2D eigenvalue weighted by molar-refractivity contribution is 0.0697. The van der Waals surface area contributed by atoms with Gasteiger partial charge in [0, 0.05) is 17.3 Å². The Labute approximate surface area is 130 Å². The number of aromatic nitrogens is 1. The van der Waals surface area contributed by atoms with Crippen LogP contribution in [0.25, 0.3) is 22.4 Å². The number of carboxylic acids is 1. The molecule has 23 heavy (non-hydrogen) atoms. The summed E-state index contributed by atoms with van der Waals surface area (Å²) in [4.78, 5) is 15.7. The highest BCUT2D eigenvalue weighted by molar-refractivity contribution is 5.96. The van der Waals surface area contributed by atoms with Gasteiger partial charge < -0.3 is 5.11 Å². The van der Waals surface area contributed by atoms with Gasteiger partial charge in [0.2, 0.25) is 0 Å². The molecule has 0 aliphatic carbocycles. The fourth-order valence-electron chi connectivity index (χ4n) is 2.32. The topological polar surface area (TPSA) is 50.2 Å². The molecule has 0 bridgehead atoms. The van der Waals surface area contributed by atoms with Gasteiger partial charge in [-0.05, 0) is 35.9 Å². The summed E-state index contributed by atoms with van der Waals surface area (Å²) in [5.74, 6) is -2.08. The van der Waals surface area contributed by atoms with Crippen molar-refractivity contribution in [1.82, 2.24) is 4.98 Å². The lowest BCUT2D eigenvalue weighted by atomic mass is 10.0. The Balaban J connectivity index is 2.15. The van der Waals surface area contributed by atoms with Crippen LogP contribution >= 0.6 is 0 Å². The minimum Gasteiger partial charge on any atom is -0.478 e. The van der Waals surface area contributed by atoms with Crippen molar-refractivity contribution in [2.24, 2.45) is 0 Å². The first kappa shape index (κ1) is 14.8. The second-order valence-electron chi connectivity index (χ2n) is 4.95. The SMILES string of the molecule is O=C(O)c1cc(-c2cccc(F)c2)cnc1-c1cccc(F)c1. The Kier molecular flexibility index (Phi) is 3.85. The molecule has 1 heterocycles. The van der Waals surface area contributed by atoms with Gasteiger partial charge in [0.15, 0.2) is 0 Å². The van der Waals surface area contributed by atoms with Crippen molar-refractivity contribution in [3.8, 4) is 22.4 Å². The number of benzene rings is 2. The predicted octanol–water partition coefficient (Wildman–Crippen LogP) is 4.39. The maximum Gasteiger partial charge on any atom is 0.337 e. The van der Waals surface area contributed by atoms with Crippen molar-refractivity contribution in [3.63, 3.8) is 0 Å². The van der Waals surface area contributed by atoms with Gasteiger partial charge in [-0.25, -0.2) is 13.6 Å². The van der Waals surface area contributed by atoms with Crippen LogP contribution in [0.15, 0.2) is 60.8 Å². The molecule has 0 aliphatic heterocycles. The predicted molar refractivity (Wildman–Crippen MR) is 82.0 cm³/mol. The van der Waals surface area contributed by atoms with Crippen LogP contribution < -0.4 is 0 Å². The zero-order valence-electron chi connectivity index (χ0n) is 11.8. The average Bonchev–Trinajstić information content (AvgIpc) is 2.54. The molecule has 0 saturated heterocycles. The van der Waals surface area contributed by atoms with E-state index < -0.39 is 17.6 Å². The summed E-state index contributed by atoms with van der Waals surface area (Å²) in [6.45, 7) is 0. The Morgan fingerprint density at radius 2 is 1.48 bits per heavy atom. The monoisotopic (exact) mass is 311 g/mol. The third kappa shape index (κ3) is 3.08. The number of carboxylic acid groups (broad SMARTS) is 1. The second-order valence-corrected chi connectivity index (χ2v) is 4.95. The fraction of sp³-hybridized carbons (Fsp3) is 0. The normalized spacial score (nSPS) is 10.5. The molecule has 1 aromatic heterocycles. The van der Waals surface area contributed by atoms with Crippen molar-refractivity contribution in [1.29, 1.82) is 0 Å². The summed E-state index contributed by atoms with van der Waals surface area (Å²) >= 11 is 0. The number of hydrogen-bond donors (Lipinski definition) is 1. The molecule has 0 spiro atoms. The number of rotatable bonds is 3. The van der Waals surface area contributed by atoms with Crippen molar-refractivity contribution in [2.75, 3.05) is 0 Å². The Morgan fingerprint density at radius 3 is 2.09 bits per heavy atom. The van der Waals surface area contributed by atoms with Crippen LogP contribution in [0, 0.1) is 11.6 Å². The summed E-state index contributed by atoms with van der Waals surface area (Å²) in [6.07, 6.45) is 1.45. The van der Waals surface area contributed by atoms with Gasteiger partial charge >= 0.3 is 5.97 Å². The average molecular weight is 311 g/mol. The van der Waals surface area contributed by atoms with E-state index >= 15 is 0 Å². The number of carbonyl (C=O) groups is 1. The van der Waals surface area contributed by atoms with E-state index in [0.29, 0.717) is 16.7 Å². The van der Waals surface area contributed by atoms with E-state index in [4.69, 9.17) is 0 Å². The molecule has 0 unspecified atom stereocenters. The van der Waals surface area contributed by atoms with Crippen LogP contribution in [-0.2, 0) is 0 Å². The molecule has 2 aromatic carbocycles. The van der Waals surface area contributed by atoms with Gasteiger partial charge in [-0.1, -0.05) is 24.3 Å². The van der Waals surface area contributed by atoms with Crippen LogP contribution in [-0.4, -0.2) is 16.1 Å². The van der Waals surface area contributed by atoms with Gasteiger partial charge in [0.25, 0.3) is 0 Å². The minimum absolute atomic E-state index is 0.0719. The van der Waals surface area contributed by atoms with Gasteiger partial charge in [0.1, 0.15) is 11.6 Å². The highest BCUT2D eigenvalue weighted by atomic mass is 19.1. The lowest BCUT2D eigenvalue weighted by Gasteiger charge is -2.09. The van der Waals surface area contributed by atoms with Gasteiger partial charge in [-0.2, -0.15) is 0 Å². The third-order valence-electron chi connectivity index (χ3n) is 3.37. The van der Waals surface area contributed by atoms with E-state index in [-0.39, 0.29) is 11.3 Å². The van der Waals surface area contributed by atoms with E-state index in [0.717, 1.165) is 0 Å². The van der Waals surface area contributed by atoms with Gasteiger partial charge in [0.05, 0.1) is 11.3 Å². The molecule has 0 aliphatic rings.